The minimum Gasteiger partial charge on any atom is -0.251 e. The molecule has 0 spiro atoms. The molecule has 2 heteroatoms. The van der Waals surface area contributed by atoms with Crippen molar-refractivity contribution < 1.29 is 10.1 Å². The number of hydrogen-bond donors (Lipinski definition) is 1. The van der Waals surface area contributed by atoms with Crippen LogP contribution in [-0.2, 0) is 4.89 Å². The second-order valence-electron chi connectivity index (χ2n) is 4.70. The van der Waals surface area contributed by atoms with Gasteiger partial charge in [0.05, 0.1) is 0 Å². The lowest BCUT2D eigenvalue weighted by Crippen LogP contribution is -2.14. The Labute approximate surface area is 97.2 Å². The number of rotatable bonds is 3. The first-order chi connectivity index (χ1) is 7.88. The van der Waals surface area contributed by atoms with E-state index in [2.05, 4.69) is 35.3 Å². The molecule has 0 aliphatic heterocycles. The highest BCUT2D eigenvalue weighted by Crippen LogP contribution is 2.24. The first-order valence-electron chi connectivity index (χ1n) is 6.20. The van der Waals surface area contributed by atoms with Gasteiger partial charge in [0.15, 0.2) is 0 Å². The summed E-state index contributed by atoms with van der Waals surface area (Å²) in [6.45, 7) is 0. The van der Waals surface area contributed by atoms with E-state index in [1.165, 1.54) is 19.3 Å². The van der Waals surface area contributed by atoms with Crippen LogP contribution in [0.4, 0.5) is 0 Å². The van der Waals surface area contributed by atoms with E-state index < -0.39 is 0 Å². The van der Waals surface area contributed by atoms with Crippen LogP contribution < -0.4 is 0 Å². The van der Waals surface area contributed by atoms with Gasteiger partial charge in [0.25, 0.3) is 0 Å². The van der Waals surface area contributed by atoms with Crippen molar-refractivity contribution in [2.75, 3.05) is 0 Å². The molecule has 2 aliphatic carbocycles. The Balaban J connectivity index is 1.81. The van der Waals surface area contributed by atoms with Crippen molar-refractivity contribution in [3.63, 3.8) is 0 Å². The molecule has 0 heterocycles. The standard InChI is InChI=1S/C14H20O2/c15-16-14-10-8-13(9-11-14)7-6-12-4-2-1-3-5-12/h1-2,6-8,10,12-15H,3-5,9,11H2/b7-6+. The van der Waals surface area contributed by atoms with Crippen LogP contribution in [0.3, 0.4) is 0 Å². The zero-order valence-electron chi connectivity index (χ0n) is 9.59. The van der Waals surface area contributed by atoms with Crippen LogP contribution in [0.5, 0.6) is 0 Å². The van der Waals surface area contributed by atoms with Gasteiger partial charge in [-0.15, -0.1) is 0 Å². The average Bonchev–Trinajstić information content (AvgIpc) is 2.38. The number of allylic oxidation sites excluding steroid dienone is 5. The van der Waals surface area contributed by atoms with Gasteiger partial charge in [0.2, 0.25) is 0 Å². The zero-order chi connectivity index (χ0) is 11.2. The molecule has 0 aromatic rings. The molecule has 0 fully saturated rings. The van der Waals surface area contributed by atoms with Gasteiger partial charge >= 0.3 is 0 Å². The van der Waals surface area contributed by atoms with Crippen molar-refractivity contribution in [1.82, 2.24) is 0 Å². The highest BCUT2D eigenvalue weighted by molar-refractivity contribution is 5.09. The second kappa shape index (κ2) is 6.02. The topological polar surface area (TPSA) is 29.5 Å². The van der Waals surface area contributed by atoms with Crippen LogP contribution in [0.1, 0.15) is 32.1 Å². The summed E-state index contributed by atoms with van der Waals surface area (Å²) < 4.78 is 0. The van der Waals surface area contributed by atoms with Crippen LogP contribution >= 0.6 is 0 Å². The Kier molecular flexibility index (Phi) is 4.37. The SMILES string of the molecule is OOC1C=CC(/C=C/C2CC=CCC2)CC1. The minimum atomic E-state index is -0.0951. The molecule has 0 saturated heterocycles. The molecule has 16 heavy (non-hydrogen) atoms. The molecule has 0 amide bonds. The van der Waals surface area contributed by atoms with E-state index in [9.17, 15) is 0 Å². The predicted molar refractivity (Wildman–Crippen MR) is 65.0 cm³/mol. The Morgan fingerprint density at radius 1 is 1.06 bits per heavy atom. The van der Waals surface area contributed by atoms with E-state index >= 15 is 0 Å². The van der Waals surface area contributed by atoms with Crippen molar-refractivity contribution in [2.24, 2.45) is 11.8 Å². The number of hydrogen-bond acceptors (Lipinski definition) is 2. The third-order valence-electron chi connectivity index (χ3n) is 3.43. The van der Waals surface area contributed by atoms with Crippen molar-refractivity contribution in [1.29, 1.82) is 0 Å². The molecule has 3 atom stereocenters. The van der Waals surface area contributed by atoms with Gasteiger partial charge in [-0.05, 0) is 43.9 Å². The fourth-order valence-electron chi connectivity index (χ4n) is 2.36. The predicted octanol–water partition coefficient (Wildman–Crippen LogP) is 3.72. The van der Waals surface area contributed by atoms with Gasteiger partial charge in [-0.1, -0.05) is 36.5 Å². The van der Waals surface area contributed by atoms with E-state index in [4.69, 9.17) is 5.26 Å². The van der Waals surface area contributed by atoms with Gasteiger partial charge in [-0.25, -0.2) is 4.89 Å². The van der Waals surface area contributed by atoms with Crippen LogP contribution in [0.25, 0.3) is 0 Å². The summed E-state index contributed by atoms with van der Waals surface area (Å²) in [5.41, 5.74) is 0. The molecule has 88 valence electrons. The first kappa shape index (κ1) is 11.6. The van der Waals surface area contributed by atoms with Gasteiger partial charge in [-0.3, -0.25) is 5.26 Å². The van der Waals surface area contributed by atoms with Crippen molar-refractivity contribution in [3.05, 3.63) is 36.5 Å². The third kappa shape index (κ3) is 3.32. The van der Waals surface area contributed by atoms with Crippen molar-refractivity contribution in [2.45, 2.75) is 38.2 Å². The summed E-state index contributed by atoms with van der Waals surface area (Å²) in [6.07, 6.45) is 18.9. The van der Waals surface area contributed by atoms with Gasteiger partial charge in [-0.2, -0.15) is 0 Å². The Morgan fingerprint density at radius 3 is 2.62 bits per heavy atom. The summed E-state index contributed by atoms with van der Waals surface area (Å²) in [6, 6.07) is 0. The summed E-state index contributed by atoms with van der Waals surface area (Å²) in [5.74, 6) is 1.25. The second-order valence-corrected chi connectivity index (χ2v) is 4.70. The normalized spacial score (nSPS) is 34.7. The molecule has 0 bridgehead atoms. The van der Waals surface area contributed by atoms with Crippen LogP contribution in [0.2, 0.25) is 0 Å². The molecule has 0 aromatic carbocycles. The molecule has 2 rings (SSSR count). The lowest BCUT2D eigenvalue weighted by atomic mass is 9.89. The van der Waals surface area contributed by atoms with Gasteiger partial charge in [0, 0.05) is 0 Å². The summed E-state index contributed by atoms with van der Waals surface area (Å²) in [5, 5.41) is 8.53. The van der Waals surface area contributed by atoms with Crippen molar-refractivity contribution >= 4 is 0 Å². The summed E-state index contributed by atoms with van der Waals surface area (Å²) >= 11 is 0. The van der Waals surface area contributed by atoms with Crippen LogP contribution in [-0.4, -0.2) is 11.4 Å². The molecule has 2 nitrogen and oxygen atoms in total. The molecule has 0 radical (unpaired) electrons. The zero-order valence-corrected chi connectivity index (χ0v) is 9.59. The monoisotopic (exact) mass is 220 g/mol. The first-order valence-corrected chi connectivity index (χ1v) is 6.20. The van der Waals surface area contributed by atoms with E-state index in [1.807, 2.05) is 6.08 Å². The largest absolute Gasteiger partial charge is 0.251 e. The average molecular weight is 220 g/mol. The molecular weight excluding hydrogens is 200 g/mol. The summed E-state index contributed by atoms with van der Waals surface area (Å²) in [7, 11) is 0. The van der Waals surface area contributed by atoms with Gasteiger partial charge in [0.1, 0.15) is 6.10 Å². The highest BCUT2D eigenvalue weighted by atomic mass is 17.1. The Hall–Kier alpha value is -0.860. The van der Waals surface area contributed by atoms with E-state index in [0.717, 1.165) is 18.8 Å². The highest BCUT2D eigenvalue weighted by Gasteiger charge is 2.14. The lowest BCUT2D eigenvalue weighted by Gasteiger charge is -2.19. The quantitative estimate of drug-likeness (QED) is 0.446. The van der Waals surface area contributed by atoms with E-state index in [1.54, 1.807) is 0 Å². The summed E-state index contributed by atoms with van der Waals surface area (Å²) in [4.78, 5) is 4.31. The Morgan fingerprint density at radius 2 is 2.00 bits per heavy atom. The fourth-order valence-corrected chi connectivity index (χ4v) is 2.36. The third-order valence-corrected chi connectivity index (χ3v) is 3.43. The van der Waals surface area contributed by atoms with E-state index in [0.29, 0.717) is 5.92 Å². The molecular formula is C14H20O2. The fraction of sp³-hybridized carbons (Fsp3) is 0.571. The van der Waals surface area contributed by atoms with Crippen molar-refractivity contribution in [3.8, 4) is 0 Å². The lowest BCUT2D eigenvalue weighted by molar-refractivity contribution is -0.268. The molecule has 0 saturated carbocycles. The molecule has 1 N–H and O–H groups in total. The van der Waals surface area contributed by atoms with E-state index in [-0.39, 0.29) is 6.10 Å². The van der Waals surface area contributed by atoms with Crippen LogP contribution in [0.15, 0.2) is 36.5 Å². The maximum Gasteiger partial charge on any atom is 0.111 e. The van der Waals surface area contributed by atoms with Gasteiger partial charge < -0.3 is 0 Å². The Bertz CT molecular complexity index is 291. The molecule has 3 unspecified atom stereocenters. The minimum absolute atomic E-state index is 0.0951. The maximum atomic E-state index is 8.53. The maximum absolute atomic E-state index is 8.53. The smallest absolute Gasteiger partial charge is 0.111 e. The van der Waals surface area contributed by atoms with Crippen LogP contribution in [0, 0.1) is 11.8 Å². The molecule has 2 aliphatic rings. The molecule has 0 aromatic heterocycles.